The van der Waals surface area contributed by atoms with E-state index in [9.17, 15) is 5.11 Å². The first-order valence-electron chi connectivity index (χ1n) is 6.19. The minimum Gasteiger partial charge on any atom is -0.394 e. The number of nitrogens with two attached hydrogens (primary N) is 1. The van der Waals surface area contributed by atoms with Crippen molar-refractivity contribution in [2.75, 3.05) is 31.8 Å². The molecule has 3 N–H and O–H groups in total. The third kappa shape index (κ3) is 4.24. The fourth-order valence-corrected chi connectivity index (χ4v) is 3.42. The maximum absolute atomic E-state index is 9.32. The molecule has 0 spiro atoms. The van der Waals surface area contributed by atoms with E-state index in [1.165, 1.54) is 12.8 Å². The Labute approximate surface area is 103 Å². The van der Waals surface area contributed by atoms with Crippen LogP contribution in [0, 0.1) is 5.92 Å². The van der Waals surface area contributed by atoms with Crippen LogP contribution in [0.5, 0.6) is 0 Å². The van der Waals surface area contributed by atoms with Gasteiger partial charge in [0.2, 0.25) is 0 Å². The Bertz CT molecular complexity index is 192. The Balaban J connectivity index is 2.08. The number of thioether (sulfide) groups is 1. The van der Waals surface area contributed by atoms with Crippen LogP contribution in [-0.2, 0) is 4.74 Å². The van der Waals surface area contributed by atoms with Crippen LogP contribution in [0.1, 0.15) is 32.1 Å². The van der Waals surface area contributed by atoms with Crippen LogP contribution < -0.4 is 5.73 Å². The highest BCUT2D eigenvalue weighted by Gasteiger charge is 2.38. The Hall–Kier alpha value is 0.230. The minimum atomic E-state index is -0.285. The molecule has 2 atom stereocenters. The average molecular weight is 247 g/mol. The summed E-state index contributed by atoms with van der Waals surface area (Å²) in [6, 6.07) is 0. The molecule has 0 aliphatic heterocycles. The van der Waals surface area contributed by atoms with Gasteiger partial charge >= 0.3 is 0 Å². The number of ether oxygens (including phenoxy) is 1. The van der Waals surface area contributed by atoms with Crippen LogP contribution in [0.15, 0.2) is 0 Å². The average Bonchev–Trinajstić information content (AvgIpc) is 2.66. The van der Waals surface area contributed by atoms with Gasteiger partial charge in [-0.15, -0.1) is 0 Å². The minimum absolute atomic E-state index is 0.145. The molecule has 0 radical (unpaired) electrons. The Morgan fingerprint density at radius 3 is 3.00 bits per heavy atom. The van der Waals surface area contributed by atoms with Crippen molar-refractivity contribution >= 4 is 11.8 Å². The van der Waals surface area contributed by atoms with E-state index in [-0.39, 0.29) is 12.1 Å². The molecule has 0 saturated heterocycles. The van der Waals surface area contributed by atoms with Crippen molar-refractivity contribution in [2.24, 2.45) is 11.7 Å². The van der Waals surface area contributed by atoms with Gasteiger partial charge in [0.15, 0.2) is 0 Å². The van der Waals surface area contributed by atoms with Crippen LogP contribution >= 0.6 is 11.8 Å². The van der Waals surface area contributed by atoms with E-state index in [2.05, 4.69) is 0 Å². The van der Waals surface area contributed by atoms with E-state index in [1.807, 2.05) is 11.8 Å². The molecular formula is C12H25NO2S. The molecule has 3 nitrogen and oxygen atoms in total. The normalized spacial score (nSPS) is 29.8. The fourth-order valence-electron chi connectivity index (χ4n) is 2.44. The molecule has 0 heterocycles. The van der Waals surface area contributed by atoms with Crippen LogP contribution in [0.3, 0.4) is 0 Å². The van der Waals surface area contributed by atoms with E-state index < -0.39 is 0 Å². The summed E-state index contributed by atoms with van der Waals surface area (Å²) in [5.41, 5.74) is 5.90. The maximum Gasteiger partial charge on any atom is 0.0613 e. The number of hydrogen-bond donors (Lipinski definition) is 2. The largest absolute Gasteiger partial charge is 0.394 e. The first kappa shape index (κ1) is 14.3. The van der Waals surface area contributed by atoms with Crippen molar-refractivity contribution in [3.8, 4) is 0 Å². The summed E-state index contributed by atoms with van der Waals surface area (Å²) in [5, 5.41) is 9.32. The van der Waals surface area contributed by atoms with Gasteiger partial charge < -0.3 is 15.6 Å². The van der Waals surface area contributed by atoms with Crippen molar-refractivity contribution in [1.82, 2.24) is 0 Å². The number of aliphatic hydroxyl groups is 1. The second-order valence-corrected chi connectivity index (χ2v) is 5.95. The van der Waals surface area contributed by atoms with Crippen molar-refractivity contribution < 1.29 is 9.84 Å². The number of aliphatic hydroxyl groups excluding tert-OH is 1. The summed E-state index contributed by atoms with van der Waals surface area (Å²) in [4.78, 5) is 0. The molecule has 1 aliphatic rings. The summed E-state index contributed by atoms with van der Waals surface area (Å²) in [5.74, 6) is 2.84. The standard InChI is InChI=1S/C12H25NO2S/c1-15-7-3-8-16-9-5-11-4-2-6-12(11,13)10-14/h11,14H,2-10,13H2,1H3. The van der Waals surface area contributed by atoms with Crippen LogP contribution in [0.25, 0.3) is 0 Å². The molecule has 0 bridgehead atoms. The molecule has 1 rings (SSSR count). The smallest absolute Gasteiger partial charge is 0.0613 e. The Morgan fingerprint density at radius 2 is 2.31 bits per heavy atom. The van der Waals surface area contributed by atoms with E-state index in [0.717, 1.165) is 37.4 Å². The highest BCUT2D eigenvalue weighted by atomic mass is 32.2. The molecule has 16 heavy (non-hydrogen) atoms. The van der Waals surface area contributed by atoms with Gasteiger partial charge in [0.05, 0.1) is 6.61 Å². The van der Waals surface area contributed by atoms with E-state index in [4.69, 9.17) is 10.5 Å². The van der Waals surface area contributed by atoms with Crippen molar-refractivity contribution in [3.05, 3.63) is 0 Å². The second kappa shape index (κ2) is 7.54. The van der Waals surface area contributed by atoms with Crippen LogP contribution in [0.4, 0.5) is 0 Å². The molecule has 0 amide bonds. The molecule has 1 aliphatic carbocycles. The summed E-state index contributed by atoms with van der Waals surface area (Å²) in [7, 11) is 1.74. The summed E-state index contributed by atoms with van der Waals surface area (Å²) in [6.07, 6.45) is 5.63. The number of hydrogen-bond acceptors (Lipinski definition) is 4. The molecule has 96 valence electrons. The number of rotatable bonds is 8. The SMILES string of the molecule is COCCCSCCC1CCCC1(N)CO. The van der Waals surface area contributed by atoms with Crippen LogP contribution in [0.2, 0.25) is 0 Å². The zero-order valence-electron chi connectivity index (χ0n) is 10.3. The lowest BCUT2D eigenvalue weighted by Crippen LogP contribution is -2.47. The lowest BCUT2D eigenvalue weighted by atomic mass is 9.87. The lowest BCUT2D eigenvalue weighted by molar-refractivity contribution is 0.158. The van der Waals surface area contributed by atoms with Gasteiger partial charge in [0, 0.05) is 19.3 Å². The molecule has 4 heteroatoms. The van der Waals surface area contributed by atoms with E-state index in [1.54, 1.807) is 7.11 Å². The molecule has 0 aromatic carbocycles. The number of methoxy groups -OCH3 is 1. The zero-order valence-corrected chi connectivity index (χ0v) is 11.1. The molecular weight excluding hydrogens is 222 g/mol. The van der Waals surface area contributed by atoms with Crippen LogP contribution in [-0.4, -0.2) is 42.5 Å². The van der Waals surface area contributed by atoms with E-state index >= 15 is 0 Å². The first-order valence-corrected chi connectivity index (χ1v) is 7.35. The lowest BCUT2D eigenvalue weighted by Gasteiger charge is -2.29. The monoisotopic (exact) mass is 247 g/mol. The second-order valence-electron chi connectivity index (χ2n) is 4.73. The van der Waals surface area contributed by atoms with Gasteiger partial charge in [-0.3, -0.25) is 0 Å². The summed E-state index contributed by atoms with van der Waals surface area (Å²) in [6.45, 7) is 1.000. The molecule has 0 aromatic rings. The Morgan fingerprint density at radius 1 is 1.50 bits per heavy atom. The maximum atomic E-state index is 9.32. The predicted octanol–water partition coefficient (Wildman–Crippen LogP) is 1.64. The van der Waals surface area contributed by atoms with Crippen molar-refractivity contribution in [1.29, 1.82) is 0 Å². The van der Waals surface area contributed by atoms with Gasteiger partial charge in [0.1, 0.15) is 0 Å². The van der Waals surface area contributed by atoms with Gasteiger partial charge in [-0.25, -0.2) is 0 Å². The zero-order chi connectivity index (χ0) is 11.9. The Kier molecular flexibility index (Phi) is 6.73. The predicted molar refractivity (Wildman–Crippen MR) is 69.8 cm³/mol. The van der Waals surface area contributed by atoms with E-state index in [0.29, 0.717) is 5.92 Å². The highest BCUT2D eigenvalue weighted by Crippen LogP contribution is 2.36. The molecule has 1 saturated carbocycles. The highest BCUT2D eigenvalue weighted by molar-refractivity contribution is 7.99. The third-order valence-electron chi connectivity index (χ3n) is 3.55. The fraction of sp³-hybridized carbons (Fsp3) is 1.00. The van der Waals surface area contributed by atoms with Crippen molar-refractivity contribution in [2.45, 2.75) is 37.6 Å². The van der Waals surface area contributed by atoms with Crippen molar-refractivity contribution in [3.63, 3.8) is 0 Å². The molecule has 1 fully saturated rings. The summed E-state index contributed by atoms with van der Waals surface area (Å²) >= 11 is 1.97. The third-order valence-corrected chi connectivity index (χ3v) is 4.65. The quantitative estimate of drug-likeness (QED) is 0.640. The first-order chi connectivity index (χ1) is 7.73. The van der Waals surface area contributed by atoms with Gasteiger partial charge in [0.25, 0.3) is 0 Å². The molecule has 2 unspecified atom stereocenters. The van der Waals surface area contributed by atoms with Gasteiger partial charge in [-0.05, 0) is 43.1 Å². The van der Waals surface area contributed by atoms with Gasteiger partial charge in [-0.2, -0.15) is 11.8 Å². The molecule has 0 aromatic heterocycles. The summed E-state index contributed by atoms with van der Waals surface area (Å²) < 4.78 is 5.01. The topological polar surface area (TPSA) is 55.5 Å². The van der Waals surface area contributed by atoms with Gasteiger partial charge in [-0.1, -0.05) is 6.42 Å².